The number of aromatic nitrogens is 2. The molecule has 3 rings (SSSR count). The quantitative estimate of drug-likeness (QED) is 0.637. The molecule has 22 heavy (non-hydrogen) atoms. The van der Waals surface area contributed by atoms with E-state index in [2.05, 4.69) is 9.72 Å². The molecule has 0 saturated heterocycles. The lowest BCUT2D eigenvalue weighted by atomic mass is 10.2. The highest BCUT2D eigenvalue weighted by atomic mass is 32.1. The van der Waals surface area contributed by atoms with Gasteiger partial charge in [-0.1, -0.05) is 11.3 Å². The van der Waals surface area contributed by atoms with Gasteiger partial charge in [0.05, 0.1) is 23.7 Å². The molecule has 5 nitrogen and oxygen atoms in total. The van der Waals surface area contributed by atoms with Crippen molar-refractivity contribution >= 4 is 39.4 Å². The molecule has 2 aromatic heterocycles. The van der Waals surface area contributed by atoms with E-state index in [4.69, 9.17) is 0 Å². The van der Waals surface area contributed by atoms with E-state index in [1.165, 1.54) is 17.6 Å². The number of imidazole rings is 1. The molecule has 0 spiro atoms. The van der Waals surface area contributed by atoms with Crippen molar-refractivity contribution in [1.29, 1.82) is 0 Å². The van der Waals surface area contributed by atoms with E-state index in [0.717, 1.165) is 29.5 Å². The Morgan fingerprint density at radius 2 is 2.14 bits per heavy atom. The van der Waals surface area contributed by atoms with Crippen LogP contribution in [0.1, 0.15) is 5.56 Å². The van der Waals surface area contributed by atoms with Gasteiger partial charge in [0.1, 0.15) is 4.53 Å². The topological polar surface area (TPSA) is 60.7 Å². The molecule has 1 aromatic carbocycles. The van der Waals surface area contributed by atoms with Gasteiger partial charge in [0.25, 0.3) is 5.56 Å². The number of carbonyl (C=O) groups excluding carboxylic acids is 1. The number of thiazole rings is 1. The molecule has 9 heteroatoms. The van der Waals surface area contributed by atoms with Crippen LogP contribution < -0.4 is 10.1 Å². The Labute approximate surface area is 124 Å². The minimum atomic E-state index is -4.48. The first-order valence-electron chi connectivity index (χ1n) is 5.93. The normalized spacial score (nSPS) is 13.2. The Morgan fingerprint density at radius 1 is 1.41 bits per heavy atom. The van der Waals surface area contributed by atoms with E-state index in [1.54, 1.807) is 0 Å². The van der Waals surface area contributed by atoms with Crippen LogP contribution in [-0.2, 0) is 15.7 Å². The van der Waals surface area contributed by atoms with Gasteiger partial charge in [-0.3, -0.25) is 4.79 Å². The molecule has 0 radical (unpaired) electrons. The molecule has 0 aliphatic heterocycles. The summed E-state index contributed by atoms with van der Waals surface area (Å²) in [6, 6.07) is 2.96. The van der Waals surface area contributed by atoms with Gasteiger partial charge in [-0.15, -0.1) is 0 Å². The van der Waals surface area contributed by atoms with E-state index in [1.807, 2.05) is 0 Å². The van der Waals surface area contributed by atoms with Crippen molar-refractivity contribution in [2.75, 3.05) is 7.11 Å². The van der Waals surface area contributed by atoms with E-state index < -0.39 is 23.3 Å². The molecule has 0 atom stereocenters. The van der Waals surface area contributed by atoms with Gasteiger partial charge in [0.15, 0.2) is 4.96 Å². The lowest BCUT2D eigenvalue weighted by Gasteiger charge is -2.05. The minimum Gasteiger partial charge on any atom is -0.466 e. The van der Waals surface area contributed by atoms with E-state index in [-0.39, 0.29) is 20.5 Å². The predicted molar refractivity (Wildman–Crippen MR) is 73.5 cm³/mol. The maximum Gasteiger partial charge on any atom is 0.416 e. The highest BCUT2D eigenvalue weighted by molar-refractivity contribution is 7.15. The van der Waals surface area contributed by atoms with Gasteiger partial charge < -0.3 is 4.74 Å². The fourth-order valence-electron chi connectivity index (χ4n) is 2.01. The van der Waals surface area contributed by atoms with Crippen molar-refractivity contribution in [3.8, 4) is 0 Å². The SMILES string of the molecule is COC(=O)C=c1sc2nc3cc(C(F)(F)F)ccc3n2c1=O. The first-order valence-corrected chi connectivity index (χ1v) is 6.75. The summed E-state index contributed by atoms with van der Waals surface area (Å²) in [6.07, 6.45) is -3.45. The zero-order valence-corrected chi connectivity index (χ0v) is 11.8. The zero-order valence-electron chi connectivity index (χ0n) is 11.0. The van der Waals surface area contributed by atoms with Gasteiger partial charge in [-0.05, 0) is 18.2 Å². The summed E-state index contributed by atoms with van der Waals surface area (Å²) in [7, 11) is 1.18. The summed E-state index contributed by atoms with van der Waals surface area (Å²) in [5.41, 5.74) is -1.02. The smallest absolute Gasteiger partial charge is 0.416 e. The number of hydrogen-bond acceptors (Lipinski definition) is 5. The summed E-state index contributed by atoms with van der Waals surface area (Å²) in [6.45, 7) is 0. The highest BCUT2D eigenvalue weighted by Gasteiger charge is 2.31. The third-order valence-electron chi connectivity index (χ3n) is 3.02. The molecule has 2 heterocycles. The van der Waals surface area contributed by atoms with Crippen LogP contribution in [-0.4, -0.2) is 22.5 Å². The molecule has 0 bridgehead atoms. The number of ether oxygens (including phenoxy) is 1. The van der Waals surface area contributed by atoms with Gasteiger partial charge >= 0.3 is 12.1 Å². The van der Waals surface area contributed by atoms with Crippen molar-refractivity contribution in [2.45, 2.75) is 6.18 Å². The summed E-state index contributed by atoms with van der Waals surface area (Å²) in [4.78, 5) is 27.6. The predicted octanol–water partition coefficient (Wildman–Crippen LogP) is 1.60. The second-order valence-corrected chi connectivity index (χ2v) is 5.38. The van der Waals surface area contributed by atoms with E-state index in [9.17, 15) is 22.8 Å². The van der Waals surface area contributed by atoms with Crippen LogP contribution in [0.5, 0.6) is 0 Å². The average molecular weight is 328 g/mol. The zero-order chi connectivity index (χ0) is 16.1. The Balaban J connectivity index is 2.28. The van der Waals surface area contributed by atoms with Crippen LogP contribution in [0.4, 0.5) is 13.2 Å². The Kier molecular flexibility index (Phi) is 3.17. The van der Waals surface area contributed by atoms with Crippen LogP contribution in [0.3, 0.4) is 0 Å². The van der Waals surface area contributed by atoms with Crippen LogP contribution in [0, 0.1) is 0 Å². The van der Waals surface area contributed by atoms with Gasteiger partial charge in [0, 0.05) is 6.08 Å². The summed E-state index contributed by atoms with van der Waals surface area (Å²) in [5, 5.41) is 0. The number of methoxy groups -OCH3 is 1. The number of alkyl halides is 3. The maximum atomic E-state index is 12.7. The molecular weight excluding hydrogens is 321 g/mol. The Bertz CT molecular complexity index is 1000. The van der Waals surface area contributed by atoms with Gasteiger partial charge in [0.2, 0.25) is 0 Å². The lowest BCUT2D eigenvalue weighted by molar-refractivity contribution is -0.137. The molecule has 0 aliphatic rings. The second-order valence-electron chi connectivity index (χ2n) is 4.37. The fraction of sp³-hybridized carbons (Fsp3) is 0.154. The lowest BCUT2D eigenvalue weighted by Crippen LogP contribution is -2.24. The standard InChI is InChI=1S/C13H7F3N2O3S/c1-21-10(19)5-9-11(20)18-8-3-2-6(13(14,15)16)4-7(8)17-12(18)22-9/h2-5H,1H3. The van der Waals surface area contributed by atoms with Crippen molar-refractivity contribution in [2.24, 2.45) is 0 Å². The largest absolute Gasteiger partial charge is 0.466 e. The van der Waals surface area contributed by atoms with Gasteiger partial charge in [-0.25, -0.2) is 14.2 Å². The first-order chi connectivity index (χ1) is 10.3. The first kappa shape index (κ1) is 14.5. The number of benzene rings is 1. The molecule has 114 valence electrons. The molecule has 0 fully saturated rings. The number of halogens is 3. The van der Waals surface area contributed by atoms with Crippen LogP contribution >= 0.6 is 11.3 Å². The molecule has 0 amide bonds. The van der Waals surface area contributed by atoms with E-state index in [0.29, 0.717) is 0 Å². The number of rotatable bonds is 1. The van der Waals surface area contributed by atoms with Crippen molar-refractivity contribution < 1.29 is 22.7 Å². The molecule has 0 aliphatic carbocycles. The Morgan fingerprint density at radius 3 is 2.77 bits per heavy atom. The molecule has 0 unspecified atom stereocenters. The molecule has 0 N–H and O–H groups in total. The number of nitrogens with zero attached hydrogens (tertiary/aromatic N) is 2. The summed E-state index contributed by atoms with van der Waals surface area (Å²) >= 11 is 0.908. The van der Waals surface area contributed by atoms with Crippen molar-refractivity contribution in [1.82, 2.24) is 9.38 Å². The third-order valence-corrected chi connectivity index (χ3v) is 3.99. The maximum absolute atomic E-state index is 12.7. The van der Waals surface area contributed by atoms with Crippen LogP contribution in [0.2, 0.25) is 0 Å². The molecular formula is C13H7F3N2O3S. The van der Waals surface area contributed by atoms with Crippen LogP contribution in [0.15, 0.2) is 23.0 Å². The highest BCUT2D eigenvalue weighted by Crippen LogP contribution is 2.31. The van der Waals surface area contributed by atoms with Crippen molar-refractivity contribution in [3.63, 3.8) is 0 Å². The van der Waals surface area contributed by atoms with Crippen LogP contribution in [0.25, 0.3) is 22.1 Å². The monoisotopic (exact) mass is 328 g/mol. The molecule has 0 saturated carbocycles. The third kappa shape index (κ3) is 2.23. The minimum absolute atomic E-state index is 0.0720. The number of esters is 1. The Hall–Kier alpha value is -2.42. The number of hydrogen-bond donors (Lipinski definition) is 0. The van der Waals surface area contributed by atoms with Crippen molar-refractivity contribution in [3.05, 3.63) is 38.6 Å². The number of carbonyl (C=O) groups is 1. The van der Waals surface area contributed by atoms with Gasteiger partial charge in [-0.2, -0.15) is 13.2 Å². The molecule has 3 aromatic rings. The summed E-state index contributed by atoms with van der Waals surface area (Å²) < 4.78 is 43.7. The summed E-state index contributed by atoms with van der Waals surface area (Å²) in [5.74, 6) is -0.690. The fourth-order valence-corrected chi connectivity index (χ4v) is 2.96. The average Bonchev–Trinajstić information content (AvgIpc) is 2.94. The van der Waals surface area contributed by atoms with E-state index >= 15 is 0 Å². The number of fused-ring (bicyclic) bond motifs is 3. The second kappa shape index (κ2) is 4.80.